The molecule has 164 valence electrons. The largest absolute Gasteiger partial charge is 0.497 e. The first kappa shape index (κ1) is 20.4. The Morgan fingerprint density at radius 1 is 1.00 bits per heavy atom. The van der Waals surface area contributed by atoms with Crippen molar-refractivity contribution in [3.05, 3.63) is 71.9 Å². The Labute approximate surface area is 186 Å². The van der Waals surface area contributed by atoms with Gasteiger partial charge in [0, 0.05) is 49.7 Å². The Morgan fingerprint density at radius 3 is 2.62 bits per heavy atom. The van der Waals surface area contributed by atoms with Crippen LogP contribution >= 0.6 is 0 Å². The summed E-state index contributed by atoms with van der Waals surface area (Å²) >= 11 is 0. The monoisotopic (exact) mass is 430 g/mol. The molecule has 1 unspecified atom stereocenters. The van der Waals surface area contributed by atoms with E-state index in [0.717, 1.165) is 59.9 Å². The third-order valence-corrected chi connectivity index (χ3v) is 6.14. The summed E-state index contributed by atoms with van der Waals surface area (Å²) in [6.45, 7) is 5.20. The van der Waals surface area contributed by atoms with Gasteiger partial charge in [0.1, 0.15) is 17.5 Å². The first-order valence-corrected chi connectivity index (χ1v) is 10.7. The maximum atomic E-state index is 11.2. The summed E-state index contributed by atoms with van der Waals surface area (Å²) in [5.41, 5.74) is 5.30. The zero-order valence-corrected chi connectivity index (χ0v) is 18.2. The molecule has 0 bridgehead atoms. The number of anilines is 1. The Kier molecular flexibility index (Phi) is 5.46. The van der Waals surface area contributed by atoms with E-state index < -0.39 is 6.23 Å². The maximum absolute atomic E-state index is 11.2. The maximum Gasteiger partial charge on any atom is 0.183 e. The Morgan fingerprint density at radius 2 is 1.81 bits per heavy atom. The van der Waals surface area contributed by atoms with Gasteiger partial charge in [0.05, 0.1) is 12.8 Å². The highest BCUT2D eigenvalue weighted by molar-refractivity contribution is 5.71. The van der Waals surface area contributed by atoms with Crippen LogP contribution < -0.4 is 9.64 Å². The third kappa shape index (κ3) is 3.68. The molecule has 1 N–H and O–H groups in total. The van der Waals surface area contributed by atoms with Crippen molar-refractivity contribution < 1.29 is 9.84 Å². The molecule has 32 heavy (non-hydrogen) atoms. The lowest BCUT2D eigenvalue weighted by Gasteiger charge is -2.39. The molecule has 5 rings (SSSR count). The summed E-state index contributed by atoms with van der Waals surface area (Å²) in [6.07, 6.45) is 1.04. The third-order valence-electron chi connectivity index (χ3n) is 6.14. The quantitative estimate of drug-likeness (QED) is 0.521. The number of piperazine rings is 1. The molecule has 3 heterocycles. The van der Waals surface area contributed by atoms with Gasteiger partial charge in [0.2, 0.25) is 0 Å². The lowest BCUT2D eigenvalue weighted by atomic mass is 10.0. The smallest absolute Gasteiger partial charge is 0.183 e. The van der Waals surface area contributed by atoms with Crippen LogP contribution in [0, 0.1) is 6.92 Å². The van der Waals surface area contributed by atoms with Crippen LogP contribution in [0.4, 0.5) is 5.69 Å². The number of methoxy groups -OCH3 is 1. The van der Waals surface area contributed by atoms with Gasteiger partial charge in [-0.2, -0.15) is 4.68 Å². The number of pyridine rings is 1. The van der Waals surface area contributed by atoms with Gasteiger partial charge in [0.15, 0.2) is 5.65 Å². The molecule has 4 aromatic rings. The summed E-state index contributed by atoms with van der Waals surface area (Å²) in [7, 11) is 1.68. The number of ether oxygens (including phenoxy) is 1. The number of aliphatic hydroxyl groups is 1. The number of aliphatic hydroxyl groups excluding tert-OH is 1. The molecule has 8 heteroatoms. The fourth-order valence-electron chi connectivity index (χ4n) is 4.31. The van der Waals surface area contributed by atoms with E-state index in [2.05, 4.69) is 37.2 Å². The second-order valence-electron chi connectivity index (χ2n) is 7.94. The van der Waals surface area contributed by atoms with Crippen molar-refractivity contribution in [2.75, 3.05) is 38.2 Å². The summed E-state index contributed by atoms with van der Waals surface area (Å²) in [4.78, 5) is 8.86. The predicted octanol–water partition coefficient (Wildman–Crippen LogP) is 2.95. The van der Waals surface area contributed by atoms with E-state index in [9.17, 15) is 5.11 Å². The molecule has 1 aliphatic rings. The number of benzene rings is 2. The van der Waals surface area contributed by atoms with Crippen molar-refractivity contribution >= 4 is 16.9 Å². The Hall–Kier alpha value is -3.49. The van der Waals surface area contributed by atoms with E-state index >= 15 is 0 Å². The van der Waals surface area contributed by atoms with E-state index in [1.807, 2.05) is 49.4 Å². The summed E-state index contributed by atoms with van der Waals surface area (Å²) in [5.74, 6) is 0.854. The van der Waals surface area contributed by atoms with Gasteiger partial charge in [-0.25, -0.2) is 4.98 Å². The van der Waals surface area contributed by atoms with Crippen LogP contribution in [0.5, 0.6) is 5.75 Å². The molecule has 0 saturated carbocycles. The normalized spacial score (nSPS) is 15.8. The number of rotatable bonds is 5. The molecule has 2 aromatic carbocycles. The first-order chi connectivity index (χ1) is 15.7. The summed E-state index contributed by atoms with van der Waals surface area (Å²) in [5, 5.41) is 19.7. The van der Waals surface area contributed by atoms with Gasteiger partial charge in [-0.15, -0.1) is 5.10 Å². The fourth-order valence-corrected chi connectivity index (χ4v) is 4.31. The van der Waals surface area contributed by atoms with E-state index in [0.29, 0.717) is 5.65 Å². The Balaban J connectivity index is 1.35. The Bertz CT molecular complexity index is 1230. The second kappa shape index (κ2) is 8.57. The van der Waals surface area contributed by atoms with Crippen molar-refractivity contribution in [1.29, 1.82) is 0 Å². The molecule has 0 amide bonds. The number of fused-ring (bicyclic) bond motifs is 1. The van der Waals surface area contributed by atoms with Gasteiger partial charge in [-0.1, -0.05) is 23.4 Å². The van der Waals surface area contributed by atoms with Crippen LogP contribution in [-0.4, -0.2) is 63.3 Å². The van der Waals surface area contributed by atoms with Gasteiger partial charge < -0.3 is 14.7 Å². The van der Waals surface area contributed by atoms with Crippen molar-refractivity contribution in [1.82, 2.24) is 24.9 Å². The number of hydrogen-bond acceptors (Lipinski definition) is 7. The number of aromatic nitrogens is 4. The number of nitrogens with zero attached hydrogens (tertiary/aromatic N) is 6. The zero-order chi connectivity index (χ0) is 22.1. The van der Waals surface area contributed by atoms with Gasteiger partial charge in [-0.3, -0.25) is 4.90 Å². The first-order valence-electron chi connectivity index (χ1n) is 10.7. The topological polar surface area (TPSA) is 79.5 Å². The molecule has 1 atom stereocenters. The molecule has 0 aliphatic carbocycles. The summed E-state index contributed by atoms with van der Waals surface area (Å²) in [6, 6.07) is 17.7. The predicted molar refractivity (Wildman–Crippen MR) is 123 cm³/mol. The fraction of sp³-hybridized carbons (Fsp3) is 0.292. The minimum Gasteiger partial charge on any atom is -0.497 e. The average molecular weight is 431 g/mol. The van der Waals surface area contributed by atoms with Crippen molar-refractivity contribution in [3.8, 4) is 11.4 Å². The second-order valence-corrected chi connectivity index (χ2v) is 7.94. The molecule has 1 aliphatic heterocycles. The van der Waals surface area contributed by atoms with Crippen LogP contribution in [0.2, 0.25) is 0 Å². The minimum absolute atomic E-state index is 0.690. The SMILES string of the molecule is COc1cccc(N2CCN(C(O)c3cccc(-n4nnc5cccnc54)c3C)CC2)c1. The molecule has 1 fully saturated rings. The van der Waals surface area contributed by atoms with Gasteiger partial charge in [-0.05, 0) is 42.8 Å². The van der Waals surface area contributed by atoms with Crippen LogP contribution in [0.1, 0.15) is 17.4 Å². The molecule has 2 aromatic heterocycles. The highest BCUT2D eigenvalue weighted by atomic mass is 16.5. The van der Waals surface area contributed by atoms with Crippen molar-refractivity contribution in [2.45, 2.75) is 13.2 Å². The van der Waals surface area contributed by atoms with Crippen LogP contribution in [0.15, 0.2) is 60.8 Å². The van der Waals surface area contributed by atoms with Crippen LogP contribution in [-0.2, 0) is 0 Å². The van der Waals surface area contributed by atoms with E-state index in [4.69, 9.17) is 4.74 Å². The highest BCUT2D eigenvalue weighted by Crippen LogP contribution is 2.29. The molecular weight excluding hydrogens is 404 g/mol. The zero-order valence-electron chi connectivity index (χ0n) is 18.2. The van der Waals surface area contributed by atoms with Gasteiger partial charge in [0.25, 0.3) is 0 Å². The van der Waals surface area contributed by atoms with E-state index in [1.54, 1.807) is 18.0 Å². The van der Waals surface area contributed by atoms with Gasteiger partial charge >= 0.3 is 0 Å². The lowest BCUT2D eigenvalue weighted by Crippen LogP contribution is -2.47. The van der Waals surface area contributed by atoms with E-state index in [-0.39, 0.29) is 0 Å². The van der Waals surface area contributed by atoms with E-state index in [1.165, 1.54) is 0 Å². The summed E-state index contributed by atoms with van der Waals surface area (Å²) < 4.78 is 7.09. The van der Waals surface area contributed by atoms with Crippen LogP contribution in [0.3, 0.4) is 0 Å². The van der Waals surface area contributed by atoms with Crippen molar-refractivity contribution in [2.24, 2.45) is 0 Å². The van der Waals surface area contributed by atoms with Crippen LogP contribution in [0.25, 0.3) is 16.9 Å². The molecular formula is C24H26N6O2. The van der Waals surface area contributed by atoms with Crippen molar-refractivity contribution in [3.63, 3.8) is 0 Å². The molecule has 0 radical (unpaired) electrons. The lowest BCUT2D eigenvalue weighted by molar-refractivity contribution is -0.00206. The molecule has 0 spiro atoms. The highest BCUT2D eigenvalue weighted by Gasteiger charge is 2.26. The molecule has 8 nitrogen and oxygen atoms in total. The minimum atomic E-state index is -0.690. The standard InChI is InChI=1S/C24H26N6O2/c1-17-20(8-4-10-22(17)30-23-21(26-27-30)9-5-11-25-23)24(31)29-14-12-28(13-15-29)18-6-3-7-19(16-18)32-2/h3-11,16,24,31H,12-15H2,1-2H3. The average Bonchev–Trinajstić information content (AvgIpc) is 3.28. The number of hydrogen-bond donors (Lipinski definition) is 1. The molecule has 1 saturated heterocycles.